The molecule has 0 bridgehead atoms. The van der Waals surface area contributed by atoms with Crippen LogP contribution in [0.2, 0.25) is 0 Å². The average Bonchev–Trinajstić information content (AvgIpc) is 2.45. The SMILES string of the molecule is CC(C(=O)NCC1CCN(C)CC1)c1cccc(N)c1. The van der Waals surface area contributed by atoms with Gasteiger partial charge in [0.15, 0.2) is 0 Å². The van der Waals surface area contributed by atoms with Gasteiger partial charge in [0.05, 0.1) is 5.92 Å². The number of nitrogens with zero attached hydrogens (tertiary/aromatic N) is 1. The molecule has 4 nitrogen and oxygen atoms in total. The average molecular weight is 275 g/mol. The smallest absolute Gasteiger partial charge is 0.227 e. The quantitative estimate of drug-likeness (QED) is 0.824. The molecule has 0 aliphatic carbocycles. The van der Waals surface area contributed by atoms with E-state index in [1.807, 2.05) is 31.2 Å². The molecule has 1 aliphatic heterocycles. The number of nitrogens with two attached hydrogens (primary N) is 1. The number of piperidine rings is 1. The number of amides is 1. The van der Waals surface area contributed by atoms with Gasteiger partial charge in [-0.2, -0.15) is 0 Å². The lowest BCUT2D eigenvalue weighted by atomic mass is 9.96. The largest absolute Gasteiger partial charge is 0.399 e. The number of hydrogen-bond acceptors (Lipinski definition) is 3. The van der Waals surface area contributed by atoms with Crippen molar-refractivity contribution >= 4 is 11.6 Å². The molecule has 2 rings (SSSR count). The molecule has 0 saturated carbocycles. The van der Waals surface area contributed by atoms with Gasteiger partial charge in [0.25, 0.3) is 0 Å². The monoisotopic (exact) mass is 275 g/mol. The molecule has 0 radical (unpaired) electrons. The number of likely N-dealkylation sites (tertiary alicyclic amines) is 1. The molecule has 1 aliphatic rings. The second-order valence-electron chi connectivity index (χ2n) is 5.88. The molecule has 20 heavy (non-hydrogen) atoms. The summed E-state index contributed by atoms with van der Waals surface area (Å²) >= 11 is 0. The second kappa shape index (κ2) is 6.75. The Bertz CT molecular complexity index is 453. The highest BCUT2D eigenvalue weighted by atomic mass is 16.1. The highest BCUT2D eigenvalue weighted by molar-refractivity contribution is 5.83. The van der Waals surface area contributed by atoms with Crippen LogP contribution >= 0.6 is 0 Å². The molecule has 1 saturated heterocycles. The number of benzene rings is 1. The lowest BCUT2D eigenvalue weighted by molar-refractivity contribution is -0.122. The number of carbonyl (C=O) groups excluding carboxylic acids is 1. The molecule has 1 aromatic rings. The van der Waals surface area contributed by atoms with Crippen molar-refractivity contribution in [2.45, 2.75) is 25.7 Å². The summed E-state index contributed by atoms with van der Waals surface area (Å²) in [6, 6.07) is 7.56. The third kappa shape index (κ3) is 3.97. The number of anilines is 1. The molecule has 4 heteroatoms. The van der Waals surface area contributed by atoms with Crippen molar-refractivity contribution in [1.29, 1.82) is 0 Å². The van der Waals surface area contributed by atoms with E-state index < -0.39 is 0 Å². The van der Waals surface area contributed by atoms with Crippen LogP contribution in [0.1, 0.15) is 31.2 Å². The Morgan fingerprint density at radius 1 is 1.45 bits per heavy atom. The van der Waals surface area contributed by atoms with Crippen LogP contribution in [0.15, 0.2) is 24.3 Å². The molecule has 1 fully saturated rings. The Balaban J connectivity index is 1.82. The van der Waals surface area contributed by atoms with Crippen molar-refractivity contribution in [2.75, 3.05) is 32.4 Å². The van der Waals surface area contributed by atoms with E-state index in [0.29, 0.717) is 11.6 Å². The summed E-state index contributed by atoms with van der Waals surface area (Å²) in [4.78, 5) is 14.5. The molecule has 0 aromatic heterocycles. The van der Waals surface area contributed by atoms with Crippen LogP contribution in [-0.4, -0.2) is 37.5 Å². The summed E-state index contributed by atoms with van der Waals surface area (Å²) < 4.78 is 0. The van der Waals surface area contributed by atoms with Gasteiger partial charge < -0.3 is 16.0 Å². The molecule has 110 valence electrons. The third-order valence-electron chi connectivity index (χ3n) is 4.21. The maximum atomic E-state index is 12.2. The molecule has 1 atom stereocenters. The van der Waals surface area contributed by atoms with Crippen molar-refractivity contribution in [1.82, 2.24) is 10.2 Å². The van der Waals surface area contributed by atoms with E-state index in [1.165, 1.54) is 12.8 Å². The summed E-state index contributed by atoms with van der Waals surface area (Å²) in [7, 11) is 2.15. The fraction of sp³-hybridized carbons (Fsp3) is 0.562. The van der Waals surface area contributed by atoms with Gasteiger partial charge in [-0.1, -0.05) is 12.1 Å². The van der Waals surface area contributed by atoms with Crippen molar-refractivity contribution in [3.8, 4) is 0 Å². The van der Waals surface area contributed by atoms with Gasteiger partial charge in [-0.05, 0) is 63.5 Å². The van der Waals surface area contributed by atoms with Gasteiger partial charge in [0.2, 0.25) is 5.91 Å². The molecule has 1 unspecified atom stereocenters. The fourth-order valence-corrected chi connectivity index (χ4v) is 2.64. The zero-order chi connectivity index (χ0) is 14.5. The van der Waals surface area contributed by atoms with Crippen molar-refractivity contribution in [3.63, 3.8) is 0 Å². The van der Waals surface area contributed by atoms with E-state index in [-0.39, 0.29) is 11.8 Å². The topological polar surface area (TPSA) is 58.4 Å². The highest BCUT2D eigenvalue weighted by Gasteiger charge is 2.19. The highest BCUT2D eigenvalue weighted by Crippen LogP contribution is 2.19. The first-order valence-electron chi connectivity index (χ1n) is 7.38. The fourth-order valence-electron chi connectivity index (χ4n) is 2.64. The van der Waals surface area contributed by atoms with Crippen LogP contribution in [0.5, 0.6) is 0 Å². The van der Waals surface area contributed by atoms with Crippen molar-refractivity contribution in [3.05, 3.63) is 29.8 Å². The Labute approximate surface area is 121 Å². The molecule has 1 aromatic carbocycles. The summed E-state index contributed by atoms with van der Waals surface area (Å²) in [6.07, 6.45) is 2.34. The van der Waals surface area contributed by atoms with Gasteiger partial charge in [-0.25, -0.2) is 0 Å². The van der Waals surface area contributed by atoms with Crippen LogP contribution in [0.25, 0.3) is 0 Å². The lowest BCUT2D eigenvalue weighted by Gasteiger charge is -2.29. The van der Waals surface area contributed by atoms with Crippen LogP contribution in [0, 0.1) is 5.92 Å². The van der Waals surface area contributed by atoms with Crippen LogP contribution in [0.3, 0.4) is 0 Å². The number of rotatable bonds is 4. The van der Waals surface area contributed by atoms with E-state index in [1.54, 1.807) is 0 Å². The number of nitrogen functional groups attached to an aromatic ring is 1. The summed E-state index contributed by atoms with van der Waals surface area (Å²) in [5.41, 5.74) is 7.45. The summed E-state index contributed by atoms with van der Waals surface area (Å²) in [5.74, 6) is 0.558. The molecule has 1 heterocycles. The molecule has 3 N–H and O–H groups in total. The van der Waals surface area contributed by atoms with Gasteiger partial charge in [0.1, 0.15) is 0 Å². The standard InChI is InChI=1S/C16H25N3O/c1-12(14-4-3-5-15(17)10-14)16(20)18-11-13-6-8-19(2)9-7-13/h3-5,10,12-13H,6-9,11,17H2,1-2H3,(H,18,20). The van der Waals surface area contributed by atoms with Crippen LogP contribution < -0.4 is 11.1 Å². The lowest BCUT2D eigenvalue weighted by Crippen LogP contribution is -2.38. The Morgan fingerprint density at radius 2 is 2.15 bits per heavy atom. The first-order valence-corrected chi connectivity index (χ1v) is 7.38. The Hall–Kier alpha value is -1.55. The molecular formula is C16H25N3O. The van der Waals surface area contributed by atoms with Gasteiger partial charge >= 0.3 is 0 Å². The minimum Gasteiger partial charge on any atom is -0.399 e. The van der Waals surface area contributed by atoms with E-state index in [0.717, 1.165) is 25.2 Å². The Morgan fingerprint density at radius 3 is 2.80 bits per heavy atom. The summed E-state index contributed by atoms with van der Waals surface area (Å²) in [6.45, 7) is 4.98. The third-order valence-corrected chi connectivity index (χ3v) is 4.21. The van der Waals surface area contributed by atoms with E-state index in [4.69, 9.17) is 5.73 Å². The van der Waals surface area contributed by atoms with E-state index in [2.05, 4.69) is 17.3 Å². The van der Waals surface area contributed by atoms with Crippen LogP contribution in [0.4, 0.5) is 5.69 Å². The Kier molecular flexibility index (Phi) is 5.01. The number of nitrogens with one attached hydrogen (secondary N) is 1. The zero-order valence-electron chi connectivity index (χ0n) is 12.4. The molecule has 0 spiro atoms. The first-order chi connectivity index (χ1) is 9.56. The maximum Gasteiger partial charge on any atom is 0.227 e. The van der Waals surface area contributed by atoms with Gasteiger partial charge in [-0.3, -0.25) is 4.79 Å². The molecular weight excluding hydrogens is 250 g/mol. The second-order valence-corrected chi connectivity index (χ2v) is 5.88. The number of carbonyl (C=O) groups is 1. The predicted octanol–water partition coefficient (Wildman–Crippen LogP) is 1.83. The normalized spacial score (nSPS) is 18.7. The van der Waals surface area contributed by atoms with Crippen molar-refractivity contribution in [2.24, 2.45) is 5.92 Å². The molecule has 1 amide bonds. The maximum absolute atomic E-state index is 12.2. The summed E-state index contributed by atoms with van der Waals surface area (Å²) in [5, 5.41) is 3.09. The van der Waals surface area contributed by atoms with Gasteiger partial charge in [0, 0.05) is 12.2 Å². The van der Waals surface area contributed by atoms with E-state index in [9.17, 15) is 4.79 Å². The van der Waals surface area contributed by atoms with E-state index >= 15 is 0 Å². The zero-order valence-corrected chi connectivity index (χ0v) is 12.4. The minimum absolute atomic E-state index is 0.0922. The van der Waals surface area contributed by atoms with Crippen LogP contribution in [-0.2, 0) is 4.79 Å². The number of hydrogen-bond donors (Lipinski definition) is 2. The predicted molar refractivity (Wildman–Crippen MR) is 82.5 cm³/mol. The minimum atomic E-state index is -0.148. The van der Waals surface area contributed by atoms with Crippen molar-refractivity contribution < 1.29 is 4.79 Å². The van der Waals surface area contributed by atoms with Gasteiger partial charge in [-0.15, -0.1) is 0 Å². The first kappa shape index (κ1) is 14.9.